The van der Waals surface area contributed by atoms with Crippen molar-refractivity contribution in [3.63, 3.8) is 0 Å². The minimum absolute atomic E-state index is 0.0177. The minimum Gasteiger partial charge on any atom is -0.351 e. The Bertz CT molecular complexity index is 635. The van der Waals surface area contributed by atoms with Crippen molar-refractivity contribution in [3.05, 3.63) is 35.9 Å². The van der Waals surface area contributed by atoms with Crippen LogP contribution < -0.4 is 11.1 Å². The molecule has 6 heteroatoms. The van der Waals surface area contributed by atoms with Crippen LogP contribution in [0.2, 0.25) is 0 Å². The van der Waals surface area contributed by atoms with Crippen LogP contribution in [0.3, 0.4) is 0 Å². The number of nitrogens with one attached hydrogen (secondary N) is 1. The van der Waals surface area contributed by atoms with Crippen LogP contribution >= 0.6 is 0 Å². The summed E-state index contributed by atoms with van der Waals surface area (Å²) < 4.78 is 0. The minimum atomic E-state index is 0.0177. The zero-order valence-electron chi connectivity index (χ0n) is 16.9. The maximum Gasteiger partial charge on any atom is 0.234 e. The fraction of sp³-hybridized carbons (Fsp3) is 0.636. The van der Waals surface area contributed by atoms with E-state index in [1.165, 1.54) is 19.3 Å². The van der Waals surface area contributed by atoms with Gasteiger partial charge in [-0.1, -0.05) is 49.6 Å². The smallest absolute Gasteiger partial charge is 0.234 e. The highest BCUT2D eigenvalue weighted by molar-refractivity contribution is 5.78. The van der Waals surface area contributed by atoms with Crippen molar-refractivity contribution in [2.45, 2.75) is 45.1 Å². The summed E-state index contributed by atoms with van der Waals surface area (Å²) in [5, 5.41) is 2.97. The number of rotatable bonds is 7. The number of hydrogen-bond acceptors (Lipinski definition) is 4. The van der Waals surface area contributed by atoms with Gasteiger partial charge in [-0.05, 0) is 30.4 Å². The quantitative estimate of drug-likeness (QED) is 0.748. The summed E-state index contributed by atoms with van der Waals surface area (Å²) >= 11 is 0. The first kappa shape index (κ1) is 20.8. The molecule has 28 heavy (non-hydrogen) atoms. The van der Waals surface area contributed by atoms with Crippen LogP contribution in [0, 0.1) is 5.41 Å². The summed E-state index contributed by atoms with van der Waals surface area (Å²) in [6, 6.07) is 9.92. The number of carbonyl (C=O) groups is 2. The Labute approximate surface area is 168 Å². The summed E-state index contributed by atoms with van der Waals surface area (Å²) in [6.07, 6.45) is 6.39. The van der Waals surface area contributed by atoms with Gasteiger partial charge in [0.2, 0.25) is 11.8 Å². The molecule has 1 aliphatic carbocycles. The summed E-state index contributed by atoms with van der Waals surface area (Å²) in [6.45, 7) is 4.46. The third-order valence-electron chi connectivity index (χ3n) is 6.30. The van der Waals surface area contributed by atoms with E-state index in [0.29, 0.717) is 39.1 Å². The van der Waals surface area contributed by atoms with Gasteiger partial charge in [0.15, 0.2) is 0 Å². The fourth-order valence-corrected chi connectivity index (χ4v) is 4.40. The van der Waals surface area contributed by atoms with E-state index >= 15 is 0 Å². The molecule has 1 saturated heterocycles. The van der Waals surface area contributed by atoms with Gasteiger partial charge in [0.1, 0.15) is 0 Å². The lowest BCUT2D eigenvalue weighted by Crippen LogP contribution is -2.52. The SMILES string of the molecule is NCC1(CC(=O)N2CCN(CC(=O)NCc3ccccc3)CC2)CCCCC1. The van der Waals surface area contributed by atoms with Gasteiger partial charge in [0.25, 0.3) is 0 Å². The highest BCUT2D eigenvalue weighted by atomic mass is 16.2. The van der Waals surface area contributed by atoms with Crippen molar-refractivity contribution in [3.8, 4) is 0 Å². The van der Waals surface area contributed by atoms with E-state index in [1.54, 1.807) is 0 Å². The van der Waals surface area contributed by atoms with Crippen LogP contribution in [0.1, 0.15) is 44.1 Å². The molecule has 0 unspecified atom stereocenters. The maximum atomic E-state index is 12.8. The van der Waals surface area contributed by atoms with Gasteiger partial charge in [-0.15, -0.1) is 0 Å². The van der Waals surface area contributed by atoms with Gasteiger partial charge in [-0.25, -0.2) is 0 Å². The van der Waals surface area contributed by atoms with Crippen molar-refractivity contribution in [1.29, 1.82) is 0 Å². The Kier molecular flexibility index (Phi) is 7.45. The molecule has 2 fully saturated rings. The monoisotopic (exact) mass is 386 g/mol. The molecule has 0 aromatic heterocycles. The standard InChI is InChI=1S/C22H34N4O2/c23-18-22(9-5-2-6-10-22)15-21(28)26-13-11-25(12-14-26)17-20(27)24-16-19-7-3-1-4-8-19/h1,3-4,7-8H,2,5-6,9-18,23H2,(H,24,27). The third-order valence-corrected chi connectivity index (χ3v) is 6.30. The Morgan fingerprint density at radius 2 is 1.68 bits per heavy atom. The number of nitrogens with zero attached hydrogens (tertiary/aromatic N) is 2. The molecule has 0 atom stereocenters. The fourth-order valence-electron chi connectivity index (χ4n) is 4.40. The van der Waals surface area contributed by atoms with Crippen molar-refractivity contribution < 1.29 is 9.59 Å². The van der Waals surface area contributed by atoms with E-state index in [-0.39, 0.29) is 17.2 Å². The molecule has 1 saturated carbocycles. The molecule has 1 heterocycles. The molecule has 2 aliphatic rings. The molecular weight excluding hydrogens is 352 g/mol. The number of benzene rings is 1. The number of nitrogens with two attached hydrogens (primary N) is 1. The molecule has 0 bridgehead atoms. The Morgan fingerprint density at radius 1 is 1.00 bits per heavy atom. The van der Waals surface area contributed by atoms with Crippen LogP contribution in [0.5, 0.6) is 0 Å². The number of hydrogen-bond donors (Lipinski definition) is 2. The molecule has 0 radical (unpaired) electrons. The van der Waals surface area contributed by atoms with E-state index in [0.717, 1.165) is 31.5 Å². The molecule has 0 spiro atoms. The van der Waals surface area contributed by atoms with Crippen molar-refractivity contribution >= 4 is 11.8 Å². The number of piperazine rings is 1. The predicted molar refractivity (Wildman–Crippen MR) is 110 cm³/mol. The molecule has 6 nitrogen and oxygen atoms in total. The first-order valence-electron chi connectivity index (χ1n) is 10.6. The Balaban J connectivity index is 1.39. The van der Waals surface area contributed by atoms with Crippen LogP contribution in [-0.4, -0.2) is 60.9 Å². The van der Waals surface area contributed by atoms with Gasteiger partial charge >= 0.3 is 0 Å². The zero-order valence-corrected chi connectivity index (χ0v) is 16.9. The normalized spacial score (nSPS) is 20.0. The summed E-state index contributed by atoms with van der Waals surface area (Å²) in [4.78, 5) is 29.1. The van der Waals surface area contributed by atoms with Gasteiger partial charge in [-0.2, -0.15) is 0 Å². The van der Waals surface area contributed by atoms with Crippen molar-refractivity contribution in [2.24, 2.45) is 11.1 Å². The number of carbonyl (C=O) groups excluding carboxylic acids is 2. The van der Waals surface area contributed by atoms with Crippen molar-refractivity contribution in [2.75, 3.05) is 39.3 Å². The van der Waals surface area contributed by atoms with Gasteiger partial charge in [-0.3, -0.25) is 14.5 Å². The van der Waals surface area contributed by atoms with E-state index in [2.05, 4.69) is 10.2 Å². The van der Waals surface area contributed by atoms with Crippen LogP contribution in [0.25, 0.3) is 0 Å². The average Bonchev–Trinajstić information content (AvgIpc) is 2.74. The third kappa shape index (κ3) is 5.79. The second-order valence-corrected chi connectivity index (χ2v) is 8.36. The topological polar surface area (TPSA) is 78.7 Å². The highest BCUT2D eigenvalue weighted by Gasteiger charge is 2.35. The predicted octanol–water partition coefficient (Wildman–Crippen LogP) is 1.75. The maximum absolute atomic E-state index is 12.8. The molecule has 1 aromatic rings. The lowest BCUT2D eigenvalue weighted by atomic mass is 9.71. The lowest BCUT2D eigenvalue weighted by molar-refractivity contribution is -0.136. The van der Waals surface area contributed by atoms with Crippen LogP contribution in [0.4, 0.5) is 0 Å². The van der Waals surface area contributed by atoms with E-state index in [1.807, 2.05) is 35.2 Å². The molecule has 3 N–H and O–H groups in total. The molecule has 1 aliphatic heterocycles. The first-order chi connectivity index (χ1) is 13.6. The van der Waals surface area contributed by atoms with Gasteiger partial charge in [0.05, 0.1) is 6.54 Å². The second-order valence-electron chi connectivity index (χ2n) is 8.36. The summed E-state index contributed by atoms with van der Waals surface area (Å²) in [5.41, 5.74) is 7.16. The summed E-state index contributed by atoms with van der Waals surface area (Å²) in [7, 11) is 0. The second kappa shape index (κ2) is 10.0. The van der Waals surface area contributed by atoms with Crippen LogP contribution in [-0.2, 0) is 16.1 Å². The van der Waals surface area contributed by atoms with Crippen molar-refractivity contribution in [1.82, 2.24) is 15.1 Å². The Hall–Kier alpha value is -1.92. The van der Waals surface area contributed by atoms with E-state index < -0.39 is 0 Å². The molecule has 3 rings (SSSR count). The van der Waals surface area contributed by atoms with Gasteiger partial charge < -0.3 is 16.0 Å². The first-order valence-corrected chi connectivity index (χ1v) is 10.6. The number of amides is 2. The Morgan fingerprint density at radius 3 is 2.32 bits per heavy atom. The molecule has 154 valence electrons. The zero-order chi connectivity index (χ0) is 19.8. The van der Waals surface area contributed by atoms with E-state index in [4.69, 9.17) is 5.73 Å². The molecular formula is C22H34N4O2. The van der Waals surface area contributed by atoms with Gasteiger partial charge in [0, 0.05) is 39.1 Å². The largest absolute Gasteiger partial charge is 0.351 e. The average molecular weight is 387 g/mol. The highest BCUT2D eigenvalue weighted by Crippen LogP contribution is 2.38. The van der Waals surface area contributed by atoms with Crippen LogP contribution in [0.15, 0.2) is 30.3 Å². The lowest BCUT2D eigenvalue weighted by Gasteiger charge is -2.39. The molecule has 1 aromatic carbocycles. The van der Waals surface area contributed by atoms with E-state index in [9.17, 15) is 9.59 Å². The summed E-state index contributed by atoms with van der Waals surface area (Å²) in [5.74, 6) is 0.272. The molecule has 2 amide bonds.